The number of rotatable bonds is 8. The van der Waals surface area contributed by atoms with Crippen LogP contribution in [0.3, 0.4) is 0 Å². The summed E-state index contributed by atoms with van der Waals surface area (Å²) in [6.07, 6.45) is 5.77. The van der Waals surface area contributed by atoms with Crippen LogP contribution in [0.15, 0.2) is 47.0 Å². The second kappa shape index (κ2) is 9.31. The number of hydrogen-bond donors (Lipinski definition) is 0. The molecule has 0 spiro atoms. The van der Waals surface area contributed by atoms with Gasteiger partial charge in [-0.1, -0.05) is 35.5 Å². The zero-order valence-electron chi connectivity index (χ0n) is 17.4. The molecule has 5 nitrogen and oxygen atoms in total. The third-order valence-electron chi connectivity index (χ3n) is 6.11. The molecule has 0 aliphatic carbocycles. The molecule has 2 heterocycles. The van der Waals surface area contributed by atoms with Crippen LogP contribution in [0.1, 0.15) is 30.5 Å². The van der Waals surface area contributed by atoms with Crippen molar-refractivity contribution in [3.05, 3.63) is 53.7 Å². The summed E-state index contributed by atoms with van der Waals surface area (Å²) in [4.78, 5) is 2.60. The predicted octanol–water partition coefficient (Wildman–Crippen LogP) is 4.73. The largest absolute Gasteiger partial charge is 0.493 e. The second-order valence-corrected chi connectivity index (χ2v) is 7.87. The van der Waals surface area contributed by atoms with E-state index in [1.54, 1.807) is 14.2 Å². The predicted molar refractivity (Wildman–Crippen MR) is 115 cm³/mol. The Bertz CT molecular complexity index is 915. The minimum Gasteiger partial charge on any atom is -0.493 e. The molecule has 0 atom stereocenters. The Labute approximate surface area is 172 Å². The highest BCUT2D eigenvalue weighted by molar-refractivity contribution is 5.87. The van der Waals surface area contributed by atoms with E-state index in [0.29, 0.717) is 17.1 Å². The summed E-state index contributed by atoms with van der Waals surface area (Å²) in [5, 5.41) is 5.35. The Balaban J connectivity index is 1.28. The van der Waals surface area contributed by atoms with Gasteiger partial charge < -0.3 is 18.9 Å². The van der Waals surface area contributed by atoms with Crippen molar-refractivity contribution < 1.29 is 14.0 Å². The molecule has 0 amide bonds. The van der Waals surface area contributed by atoms with Crippen molar-refractivity contribution in [1.82, 2.24) is 10.1 Å². The fourth-order valence-corrected chi connectivity index (χ4v) is 4.32. The van der Waals surface area contributed by atoms with E-state index in [1.807, 2.05) is 12.1 Å². The van der Waals surface area contributed by atoms with E-state index in [9.17, 15) is 0 Å². The number of aryl methyl sites for hydroxylation is 1. The van der Waals surface area contributed by atoms with Gasteiger partial charge in [0.25, 0.3) is 0 Å². The van der Waals surface area contributed by atoms with Gasteiger partial charge in [0, 0.05) is 11.9 Å². The average molecular weight is 395 g/mol. The second-order valence-electron chi connectivity index (χ2n) is 7.87. The quantitative estimate of drug-likeness (QED) is 0.553. The Hall–Kier alpha value is -2.53. The molecular formula is C24H30N2O3. The van der Waals surface area contributed by atoms with E-state index in [4.69, 9.17) is 14.0 Å². The first-order valence-electron chi connectivity index (χ1n) is 10.5. The molecule has 0 unspecified atom stereocenters. The zero-order chi connectivity index (χ0) is 20.1. The smallest absolute Gasteiger partial charge is 0.212 e. The van der Waals surface area contributed by atoms with Crippen LogP contribution >= 0.6 is 0 Å². The maximum atomic E-state index is 5.58. The number of likely N-dealkylation sites (tertiary alicyclic amines) is 1. The summed E-state index contributed by atoms with van der Waals surface area (Å²) < 4.78 is 16.4. The summed E-state index contributed by atoms with van der Waals surface area (Å²) in [7, 11) is 3.26. The van der Waals surface area contributed by atoms with Crippen LogP contribution in [0.2, 0.25) is 0 Å². The Kier molecular flexibility index (Phi) is 6.35. The maximum Gasteiger partial charge on any atom is 0.212 e. The minimum absolute atomic E-state index is 0.621. The van der Waals surface area contributed by atoms with Crippen molar-refractivity contribution in [3.8, 4) is 11.5 Å². The molecule has 0 bridgehead atoms. The van der Waals surface area contributed by atoms with Crippen LogP contribution < -0.4 is 9.47 Å². The van der Waals surface area contributed by atoms with E-state index in [1.165, 1.54) is 31.5 Å². The van der Waals surface area contributed by atoms with E-state index in [2.05, 4.69) is 40.4 Å². The molecule has 1 saturated heterocycles. The van der Waals surface area contributed by atoms with Gasteiger partial charge in [-0.15, -0.1) is 0 Å². The van der Waals surface area contributed by atoms with Crippen LogP contribution in [0.4, 0.5) is 0 Å². The number of nitrogens with zero attached hydrogens (tertiary/aromatic N) is 2. The van der Waals surface area contributed by atoms with E-state index in [-0.39, 0.29) is 0 Å². The van der Waals surface area contributed by atoms with Gasteiger partial charge in [-0.3, -0.25) is 0 Å². The van der Waals surface area contributed by atoms with Gasteiger partial charge in [-0.25, -0.2) is 0 Å². The number of hydrogen-bond acceptors (Lipinski definition) is 5. The lowest BCUT2D eigenvalue weighted by Gasteiger charge is -2.31. The highest BCUT2D eigenvalue weighted by Gasteiger charge is 2.21. The van der Waals surface area contributed by atoms with E-state index >= 15 is 0 Å². The molecular weight excluding hydrogens is 364 g/mol. The summed E-state index contributed by atoms with van der Waals surface area (Å²) in [6.45, 7) is 3.55. The normalized spacial score (nSPS) is 15.7. The van der Waals surface area contributed by atoms with Crippen molar-refractivity contribution in [2.45, 2.75) is 32.1 Å². The molecule has 3 aromatic rings. The van der Waals surface area contributed by atoms with Crippen LogP contribution in [0.5, 0.6) is 11.5 Å². The Morgan fingerprint density at radius 3 is 2.52 bits per heavy atom. The fraction of sp³-hybridized carbons (Fsp3) is 0.458. The zero-order valence-corrected chi connectivity index (χ0v) is 17.4. The van der Waals surface area contributed by atoms with Crippen molar-refractivity contribution in [2.24, 2.45) is 5.92 Å². The molecule has 1 aliphatic rings. The summed E-state index contributed by atoms with van der Waals surface area (Å²) >= 11 is 0. The number of fused-ring (bicyclic) bond motifs is 1. The van der Waals surface area contributed by atoms with Crippen molar-refractivity contribution >= 4 is 11.0 Å². The fourth-order valence-electron chi connectivity index (χ4n) is 4.32. The Morgan fingerprint density at radius 2 is 1.79 bits per heavy atom. The van der Waals surface area contributed by atoms with Crippen molar-refractivity contribution in [2.75, 3.05) is 33.9 Å². The number of aromatic nitrogens is 1. The van der Waals surface area contributed by atoms with Gasteiger partial charge in [-0.2, -0.15) is 0 Å². The first-order valence-corrected chi connectivity index (χ1v) is 10.5. The van der Waals surface area contributed by atoms with Crippen LogP contribution in [-0.2, 0) is 12.8 Å². The van der Waals surface area contributed by atoms with Gasteiger partial charge in [0.15, 0.2) is 5.75 Å². The lowest BCUT2D eigenvalue weighted by Crippen LogP contribution is -2.35. The van der Waals surface area contributed by atoms with E-state index < -0.39 is 0 Å². The molecule has 154 valence electrons. The average Bonchev–Trinajstić information content (AvgIpc) is 3.20. The van der Waals surface area contributed by atoms with Gasteiger partial charge in [0.05, 0.1) is 19.9 Å². The van der Waals surface area contributed by atoms with Gasteiger partial charge in [-0.05, 0) is 68.8 Å². The maximum absolute atomic E-state index is 5.58. The van der Waals surface area contributed by atoms with Crippen LogP contribution in [-0.4, -0.2) is 43.9 Å². The first-order chi connectivity index (χ1) is 14.3. The van der Waals surface area contributed by atoms with Crippen molar-refractivity contribution in [3.63, 3.8) is 0 Å². The van der Waals surface area contributed by atoms with Crippen LogP contribution in [0.25, 0.3) is 11.0 Å². The summed E-state index contributed by atoms with van der Waals surface area (Å²) in [6, 6.07) is 14.7. The van der Waals surface area contributed by atoms with Crippen molar-refractivity contribution in [1.29, 1.82) is 0 Å². The summed E-state index contributed by atoms with van der Waals surface area (Å²) in [5.74, 6) is 2.05. The molecule has 0 radical (unpaired) electrons. The lowest BCUT2D eigenvalue weighted by molar-refractivity contribution is 0.180. The SMILES string of the molecule is COc1ccc2c(CCC3CCN(CCc4ccccc4)CC3)noc2c1OC. The number of ether oxygens (including phenoxy) is 2. The molecule has 0 saturated carbocycles. The topological polar surface area (TPSA) is 47.7 Å². The molecule has 29 heavy (non-hydrogen) atoms. The molecule has 1 aromatic heterocycles. The third kappa shape index (κ3) is 4.56. The first kappa shape index (κ1) is 19.8. The standard InChI is InChI=1S/C24H30N2O3/c1-27-22-11-9-20-21(25-29-23(20)24(22)28-2)10-8-19-13-16-26(17-14-19)15-12-18-6-4-3-5-7-18/h3-7,9,11,19H,8,10,12-17H2,1-2H3. The molecule has 5 heteroatoms. The molecule has 4 rings (SSSR count). The number of methoxy groups -OCH3 is 2. The number of benzene rings is 2. The minimum atomic E-state index is 0.621. The molecule has 0 N–H and O–H groups in total. The molecule has 1 fully saturated rings. The Morgan fingerprint density at radius 1 is 1.00 bits per heavy atom. The number of piperidine rings is 1. The lowest BCUT2D eigenvalue weighted by atomic mass is 9.91. The van der Waals surface area contributed by atoms with Crippen LogP contribution in [0, 0.1) is 5.92 Å². The van der Waals surface area contributed by atoms with Gasteiger partial charge in [0.2, 0.25) is 11.3 Å². The monoisotopic (exact) mass is 394 g/mol. The summed E-state index contributed by atoms with van der Waals surface area (Å²) in [5.41, 5.74) is 3.13. The van der Waals surface area contributed by atoms with Gasteiger partial charge >= 0.3 is 0 Å². The van der Waals surface area contributed by atoms with E-state index in [0.717, 1.165) is 42.8 Å². The highest BCUT2D eigenvalue weighted by Crippen LogP contribution is 2.37. The third-order valence-corrected chi connectivity index (χ3v) is 6.11. The molecule has 2 aromatic carbocycles. The van der Waals surface area contributed by atoms with Gasteiger partial charge in [0.1, 0.15) is 0 Å². The highest BCUT2D eigenvalue weighted by atomic mass is 16.5. The molecule has 1 aliphatic heterocycles.